The van der Waals surface area contributed by atoms with Crippen LogP contribution in [0, 0.1) is 0 Å². The van der Waals surface area contributed by atoms with Gasteiger partial charge in [-0.3, -0.25) is 4.79 Å². The highest BCUT2D eigenvalue weighted by atomic mass is 16.5. The number of aromatic carboxylic acids is 1. The monoisotopic (exact) mass is 262 g/mol. The van der Waals surface area contributed by atoms with Crippen LogP contribution < -0.4 is 0 Å². The molecule has 0 aliphatic carbocycles. The van der Waals surface area contributed by atoms with Gasteiger partial charge < -0.3 is 9.84 Å². The number of ether oxygens (including phenoxy) is 1. The average Bonchev–Trinajstić information content (AvgIpc) is 2.36. The molecule has 0 heterocycles. The zero-order chi connectivity index (χ0) is 14.4. The Morgan fingerprint density at radius 3 is 2.47 bits per heavy atom. The molecule has 0 aliphatic rings. The van der Waals surface area contributed by atoms with Crippen molar-refractivity contribution in [2.24, 2.45) is 0 Å². The van der Waals surface area contributed by atoms with E-state index < -0.39 is 11.9 Å². The van der Waals surface area contributed by atoms with Crippen molar-refractivity contribution in [2.75, 3.05) is 6.61 Å². The molecule has 100 valence electrons. The topological polar surface area (TPSA) is 80.7 Å². The maximum atomic E-state index is 11.6. The average molecular weight is 262 g/mol. The fourth-order valence-electron chi connectivity index (χ4n) is 1.42. The summed E-state index contributed by atoms with van der Waals surface area (Å²) in [6, 6.07) is 6.21. The number of hydrogen-bond donors (Lipinski definition) is 1. The van der Waals surface area contributed by atoms with Crippen molar-refractivity contribution in [3.05, 3.63) is 47.5 Å². The number of carboxylic acids is 1. The van der Waals surface area contributed by atoms with Crippen LogP contribution in [0.1, 0.15) is 22.8 Å². The van der Waals surface area contributed by atoms with Crippen molar-refractivity contribution in [3.63, 3.8) is 0 Å². The molecule has 0 aromatic heterocycles. The van der Waals surface area contributed by atoms with E-state index in [-0.39, 0.29) is 29.9 Å². The standard InChI is InChI=1S/C14H14O5/c1-9(2)14(18)19-8-11(15)7-10-5-3-4-6-12(10)13(16)17/h3-6H,1,7-8H2,2H3,(H,16,17). The number of ketones is 1. The van der Waals surface area contributed by atoms with Crippen molar-refractivity contribution in [1.82, 2.24) is 0 Å². The van der Waals surface area contributed by atoms with E-state index in [1.165, 1.54) is 13.0 Å². The van der Waals surface area contributed by atoms with Gasteiger partial charge in [0.05, 0.1) is 5.56 Å². The van der Waals surface area contributed by atoms with Crippen LogP contribution >= 0.6 is 0 Å². The predicted molar refractivity (Wildman–Crippen MR) is 67.9 cm³/mol. The van der Waals surface area contributed by atoms with Crippen LogP contribution in [0.5, 0.6) is 0 Å². The van der Waals surface area contributed by atoms with Crippen LogP contribution in [0.4, 0.5) is 0 Å². The predicted octanol–water partition coefficient (Wildman–Crippen LogP) is 1.62. The highest BCUT2D eigenvalue weighted by Gasteiger charge is 2.14. The molecule has 1 rings (SSSR count). The largest absolute Gasteiger partial charge is 0.478 e. The smallest absolute Gasteiger partial charge is 0.335 e. The molecule has 0 bridgehead atoms. The van der Waals surface area contributed by atoms with Crippen molar-refractivity contribution in [2.45, 2.75) is 13.3 Å². The van der Waals surface area contributed by atoms with E-state index in [4.69, 9.17) is 9.84 Å². The minimum absolute atomic E-state index is 0.0714. The first-order valence-electron chi connectivity index (χ1n) is 5.57. The molecule has 0 unspecified atom stereocenters. The number of esters is 1. The Bertz CT molecular complexity index is 530. The van der Waals surface area contributed by atoms with Gasteiger partial charge in [-0.1, -0.05) is 24.8 Å². The first kappa shape index (κ1) is 14.6. The van der Waals surface area contributed by atoms with Crippen LogP contribution in [0.15, 0.2) is 36.4 Å². The van der Waals surface area contributed by atoms with Crippen LogP contribution in [0.2, 0.25) is 0 Å². The normalized spacial score (nSPS) is 9.74. The van der Waals surface area contributed by atoms with Crippen LogP contribution in [0.3, 0.4) is 0 Å². The number of carbonyl (C=O) groups excluding carboxylic acids is 2. The van der Waals surface area contributed by atoms with Crippen molar-refractivity contribution in [3.8, 4) is 0 Å². The molecule has 1 N–H and O–H groups in total. The van der Waals surface area contributed by atoms with Crippen LogP contribution in [-0.4, -0.2) is 29.4 Å². The first-order valence-corrected chi connectivity index (χ1v) is 5.57. The molecule has 1 aromatic carbocycles. The number of Topliss-reactive ketones (excluding diaryl/α,β-unsaturated/α-hetero) is 1. The fraction of sp³-hybridized carbons (Fsp3) is 0.214. The van der Waals surface area contributed by atoms with E-state index >= 15 is 0 Å². The second kappa shape index (κ2) is 6.49. The van der Waals surface area contributed by atoms with Gasteiger partial charge in [0, 0.05) is 12.0 Å². The number of carboxylic acid groups (broad SMARTS) is 1. The fourth-order valence-corrected chi connectivity index (χ4v) is 1.42. The molecule has 0 amide bonds. The lowest BCUT2D eigenvalue weighted by molar-refractivity contribution is -0.143. The lowest BCUT2D eigenvalue weighted by Gasteiger charge is -2.06. The first-order chi connectivity index (χ1) is 8.91. The maximum absolute atomic E-state index is 11.6. The van der Waals surface area contributed by atoms with E-state index in [1.807, 2.05) is 0 Å². The van der Waals surface area contributed by atoms with Gasteiger partial charge in [0.1, 0.15) is 0 Å². The van der Waals surface area contributed by atoms with Gasteiger partial charge >= 0.3 is 11.9 Å². The van der Waals surface area contributed by atoms with Crippen molar-refractivity contribution >= 4 is 17.7 Å². The van der Waals surface area contributed by atoms with Gasteiger partial charge in [-0.05, 0) is 18.6 Å². The molecule has 0 atom stereocenters. The number of carbonyl (C=O) groups is 3. The minimum Gasteiger partial charge on any atom is -0.478 e. The van der Waals surface area contributed by atoms with Gasteiger partial charge in [-0.2, -0.15) is 0 Å². The van der Waals surface area contributed by atoms with Gasteiger partial charge in [0.25, 0.3) is 0 Å². The lowest BCUT2D eigenvalue weighted by Crippen LogP contribution is -2.17. The number of hydrogen-bond acceptors (Lipinski definition) is 4. The SMILES string of the molecule is C=C(C)C(=O)OCC(=O)Cc1ccccc1C(=O)O. The molecule has 0 saturated carbocycles. The van der Waals surface area contributed by atoms with Crippen LogP contribution in [-0.2, 0) is 20.7 Å². The quantitative estimate of drug-likeness (QED) is 0.622. The second-order valence-corrected chi connectivity index (χ2v) is 4.03. The summed E-state index contributed by atoms with van der Waals surface area (Å²) >= 11 is 0. The third kappa shape index (κ3) is 4.39. The van der Waals surface area contributed by atoms with Crippen LogP contribution in [0.25, 0.3) is 0 Å². The Morgan fingerprint density at radius 1 is 1.26 bits per heavy atom. The Morgan fingerprint density at radius 2 is 1.89 bits per heavy atom. The molecule has 0 fully saturated rings. The van der Waals surface area contributed by atoms with E-state index in [2.05, 4.69) is 6.58 Å². The molecule has 0 aliphatic heterocycles. The molecule has 5 nitrogen and oxygen atoms in total. The van der Waals surface area contributed by atoms with Crippen molar-refractivity contribution in [1.29, 1.82) is 0 Å². The maximum Gasteiger partial charge on any atom is 0.335 e. The summed E-state index contributed by atoms with van der Waals surface area (Å²) in [4.78, 5) is 33.7. The Kier molecular flexibility index (Phi) is 5.00. The van der Waals surface area contributed by atoms with E-state index in [1.54, 1.807) is 18.2 Å². The molecular weight excluding hydrogens is 248 g/mol. The summed E-state index contributed by atoms with van der Waals surface area (Å²) in [5.74, 6) is -2.11. The second-order valence-electron chi connectivity index (χ2n) is 4.03. The molecule has 0 saturated heterocycles. The summed E-state index contributed by atoms with van der Waals surface area (Å²) in [5, 5.41) is 8.96. The lowest BCUT2D eigenvalue weighted by atomic mass is 10.0. The molecule has 1 aromatic rings. The molecule has 0 spiro atoms. The van der Waals surface area contributed by atoms with Crippen molar-refractivity contribution < 1.29 is 24.2 Å². The Balaban J connectivity index is 2.65. The number of rotatable bonds is 6. The molecule has 5 heteroatoms. The van der Waals surface area contributed by atoms with Gasteiger partial charge in [-0.15, -0.1) is 0 Å². The van der Waals surface area contributed by atoms with E-state index in [9.17, 15) is 14.4 Å². The summed E-state index contributed by atoms with van der Waals surface area (Å²) < 4.78 is 4.70. The minimum atomic E-state index is -1.10. The summed E-state index contributed by atoms with van der Waals surface area (Å²) in [6.07, 6.45) is -0.0913. The van der Waals surface area contributed by atoms with E-state index in [0.717, 1.165) is 0 Å². The van der Waals surface area contributed by atoms with E-state index in [0.29, 0.717) is 5.56 Å². The highest BCUT2D eigenvalue weighted by molar-refractivity contribution is 5.93. The van der Waals surface area contributed by atoms with Gasteiger partial charge in [0.15, 0.2) is 12.4 Å². The van der Waals surface area contributed by atoms with Gasteiger partial charge in [0.2, 0.25) is 0 Å². The number of benzene rings is 1. The zero-order valence-corrected chi connectivity index (χ0v) is 10.5. The highest BCUT2D eigenvalue weighted by Crippen LogP contribution is 2.10. The Labute approximate surface area is 110 Å². The third-order valence-corrected chi connectivity index (χ3v) is 2.35. The van der Waals surface area contributed by atoms with Gasteiger partial charge in [-0.25, -0.2) is 9.59 Å². The zero-order valence-electron chi connectivity index (χ0n) is 10.5. The third-order valence-electron chi connectivity index (χ3n) is 2.35. The Hall–Kier alpha value is -2.43. The summed E-state index contributed by atoms with van der Waals surface area (Å²) in [7, 11) is 0. The molecule has 0 radical (unpaired) electrons. The summed E-state index contributed by atoms with van der Waals surface area (Å²) in [6.45, 7) is 4.48. The summed E-state index contributed by atoms with van der Waals surface area (Å²) in [5.41, 5.74) is 0.673. The molecule has 19 heavy (non-hydrogen) atoms. The molecular formula is C14H14O5.